The summed E-state index contributed by atoms with van der Waals surface area (Å²) < 4.78 is 22.3. The van der Waals surface area contributed by atoms with E-state index < -0.39 is 0 Å². The Kier molecular flexibility index (Phi) is 7.37. The minimum atomic E-state index is -0.367. The smallest absolute Gasteiger partial charge is 0.278 e. The molecule has 2 aliphatic rings. The summed E-state index contributed by atoms with van der Waals surface area (Å²) >= 11 is 0. The average molecular weight is 467 g/mol. The molecular weight excluding hydrogens is 436 g/mol. The van der Waals surface area contributed by atoms with Crippen LogP contribution in [0, 0.1) is 0 Å². The third kappa shape index (κ3) is 5.17. The highest BCUT2D eigenvalue weighted by Crippen LogP contribution is 2.36. The number of carbonyl (C=O) groups is 2. The van der Waals surface area contributed by atoms with Crippen LogP contribution in [0.1, 0.15) is 32.8 Å². The Labute approximate surface area is 199 Å². The third-order valence-corrected chi connectivity index (χ3v) is 5.37. The number of hydrogen-bond acceptors (Lipinski definition) is 7. The normalized spacial score (nSPS) is 15.4. The Morgan fingerprint density at radius 2 is 1.74 bits per heavy atom. The lowest BCUT2D eigenvalue weighted by Crippen LogP contribution is -2.34. The predicted octanol–water partition coefficient (Wildman–Crippen LogP) is 3.86. The largest absolute Gasteiger partial charge is 0.491 e. The highest BCUT2D eigenvalue weighted by Gasteiger charge is 2.39. The number of carbonyl (C=O) groups excluding carboxylic acids is 2. The summed E-state index contributed by atoms with van der Waals surface area (Å²) in [6, 6.07) is 12.6. The first-order chi connectivity index (χ1) is 16.5. The van der Waals surface area contributed by atoms with E-state index in [1.807, 2.05) is 20.8 Å². The van der Waals surface area contributed by atoms with Gasteiger partial charge >= 0.3 is 0 Å². The van der Waals surface area contributed by atoms with Crippen LogP contribution in [-0.2, 0) is 14.3 Å². The van der Waals surface area contributed by atoms with E-state index in [0.29, 0.717) is 66.9 Å². The molecule has 2 aromatic carbocycles. The lowest BCUT2D eigenvalue weighted by Gasteiger charge is -2.19. The molecule has 0 bridgehead atoms. The number of nitrogens with one attached hydrogen (secondary N) is 1. The van der Waals surface area contributed by atoms with Gasteiger partial charge < -0.3 is 24.3 Å². The van der Waals surface area contributed by atoms with Gasteiger partial charge in [0, 0.05) is 31.5 Å². The number of imide groups is 1. The van der Waals surface area contributed by atoms with Crippen molar-refractivity contribution in [3.05, 3.63) is 53.7 Å². The first kappa shape index (κ1) is 23.6. The highest BCUT2D eigenvalue weighted by molar-refractivity contribution is 6.36. The molecule has 8 heteroatoms. The molecule has 0 aliphatic carbocycles. The minimum absolute atomic E-state index is 0.0352. The number of hydrogen-bond donors (Lipinski definition) is 1. The summed E-state index contributed by atoms with van der Waals surface area (Å²) in [5.41, 5.74) is 1.83. The van der Waals surface area contributed by atoms with Gasteiger partial charge in [-0.2, -0.15) is 0 Å². The monoisotopic (exact) mass is 466 g/mol. The fourth-order valence-electron chi connectivity index (χ4n) is 3.87. The number of anilines is 1. The minimum Gasteiger partial charge on any atom is -0.491 e. The van der Waals surface area contributed by atoms with Gasteiger partial charge in [0.25, 0.3) is 11.8 Å². The maximum Gasteiger partial charge on any atom is 0.278 e. The lowest BCUT2D eigenvalue weighted by atomic mass is 10.0. The lowest BCUT2D eigenvalue weighted by molar-refractivity contribution is -0.137. The van der Waals surface area contributed by atoms with Gasteiger partial charge in [-0.1, -0.05) is 12.1 Å². The Balaban J connectivity index is 1.64. The molecule has 1 N–H and O–H groups in total. The summed E-state index contributed by atoms with van der Waals surface area (Å²) in [5, 5.41) is 3.17. The second-order valence-corrected chi connectivity index (χ2v) is 8.24. The molecule has 0 radical (unpaired) electrons. The van der Waals surface area contributed by atoms with Crippen LogP contribution >= 0.6 is 0 Å². The van der Waals surface area contributed by atoms with Crippen LogP contribution in [-0.4, -0.2) is 55.8 Å². The molecule has 0 fully saturated rings. The zero-order chi connectivity index (χ0) is 24.1. The summed E-state index contributed by atoms with van der Waals surface area (Å²) in [4.78, 5) is 28.0. The van der Waals surface area contributed by atoms with Crippen molar-refractivity contribution >= 4 is 23.1 Å². The second-order valence-electron chi connectivity index (χ2n) is 8.24. The molecule has 0 atom stereocenters. The van der Waals surface area contributed by atoms with Crippen molar-refractivity contribution in [3.8, 4) is 17.2 Å². The fraction of sp³-hybridized carbons (Fsp3) is 0.385. The van der Waals surface area contributed by atoms with Crippen LogP contribution in [0.3, 0.4) is 0 Å². The van der Waals surface area contributed by atoms with E-state index in [1.54, 1.807) is 42.5 Å². The molecule has 0 unspecified atom stereocenters. The molecule has 8 nitrogen and oxygen atoms in total. The standard InChI is InChI=1S/C26H30N2O6/c1-4-31-13-5-12-28-25(29)23(18-6-9-20(10-7-18)34-17(2)3)24(26(28)30)27-19-8-11-21-22(16-19)33-15-14-32-21/h6-11,16-17,27H,4-5,12-15H2,1-3H3. The molecule has 34 heavy (non-hydrogen) atoms. The van der Waals surface area contributed by atoms with Crippen LogP contribution in [0.4, 0.5) is 5.69 Å². The van der Waals surface area contributed by atoms with E-state index in [2.05, 4.69) is 5.32 Å². The maximum atomic E-state index is 13.4. The molecule has 4 rings (SSSR count). The van der Waals surface area contributed by atoms with Crippen molar-refractivity contribution < 1.29 is 28.5 Å². The van der Waals surface area contributed by atoms with E-state index in [4.69, 9.17) is 18.9 Å². The molecular formula is C26H30N2O6. The van der Waals surface area contributed by atoms with E-state index in [9.17, 15) is 9.59 Å². The van der Waals surface area contributed by atoms with Crippen molar-refractivity contribution in [1.29, 1.82) is 0 Å². The molecule has 0 aromatic heterocycles. The Morgan fingerprint density at radius 3 is 2.44 bits per heavy atom. The summed E-state index contributed by atoms with van der Waals surface area (Å²) in [7, 11) is 0. The van der Waals surface area contributed by atoms with Gasteiger partial charge in [-0.05, 0) is 57.0 Å². The number of amides is 2. The van der Waals surface area contributed by atoms with Crippen LogP contribution < -0.4 is 19.5 Å². The van der Waals surface area contributed by atoms with Crippen LogP contribution in [0.5, 0.6) is 17.2 Å². The molecule has 2 amide bonds. The van der Waals surface area contributed by atoms with Crippen LogP contribution in [0.25, 0.3) is 5.57 Å². The number of nitrogens with zero attached hydrogens (tertiary/aromatic N) is 1. The SMILES string of the molecule is CCOCCCN1C(=O)C(Nc2ccc3c(c2)OCCO3)=C(c2ccc(OC(C)C)cc2)C1=O. The van der Waals surface area contributed by atoms with Gasteiger partial charge in [0.1, 0.15) is 24.7 Å². The topological polar surface area (TPSA) is 86.3 Å². The van der Waals surface area contributed by atoms with Crippen LogP contribution in [0.2, 0.25) is 0 Å². The third-order valence-electron chi connectivity index (χ3n) is 5.37. The van der Waals surface area contributed by atoms with E-state index in [0.717, 1.165) is 0 Å². The first-order valence-electron chi connectivity index (χ1n) is 11.6. The summed E-state index contributed by atoms with van der Waals surface area (Å²) in [6.45, 7) is 8.11. The molecule has 0 saturated heterocycles. The van der Waals surface area contributed by atoms with Crippen molar-refractivity contribution in [3.63, 3.8) is 0 Å². The predicted molar refractivity (Wildman–Crippen MR) is 128 cm³/mol. The number of benzene rings is 2. The van der Waals surface area contributed by atoms with Crippen molar-refractivity contribution in [2.75, 3.05) is 38.3 Å². The Morgan fingerprint density at radius 1 is 1.00 bits per heavy atom. The van der Waals surface area contributed by atoms with Crippen molar-refractivity contribution in [1.82, 2.24) is 4.90 Å². The highest BCUT2D eigenvalue weighted by atomic mass is 16.6. The summed E-state index contributed by atoms with van der Waals surface area (Å²) in [5.74, 6) is 1.25. The molecule has 2 aromatic rings. The van der Waals surface area contributed by atoms with E-state index >= 15 is 0 Å². The first-order valence-corrected chi connectivity index (χ1v) is 11.6. The Hall–Kier alpha value is -3.52. The number of ether oxygens (including phenoxy) is 4. The van der Waals surface area contributed by atoms with Gasteiger partial charge in [0.2, 0.25) is 0 Å². The van der Waals surface area contributed by atoms with Gasteiger partial charge in [-0.15, -0.1) is 0 Å². The number of fused-ring (bicyclic) bond motifs is 1. The van der Waals surface area contributed by atoms with Gasteiger partial charge in [-0.3, -0.25) is 14.5 Å². The average Bonchev–Trinajstić information content (AvgIpc) is 3.06. The number of rotatable bonds is 10. The molecule has 2 heterocycles. The molecule has 0 saturated carbocycles. The Bertz CT molecular complexity index is 1080. The maximum absolute atomic E-state index is 13.4. The molecule has 180 valence electrons. The van der Waals surface area contributed by atoms with Gasteiger partial charge in [0.05, 0.1) is 11.7 Å². The fourth-order valence-corrected chi connectivity index (χ4v) is 3.87. The molecule has 0 spiro atoms. The second kappa shape index (κ2) is 10.6. The van der Waals surface area contributed by atoms with Crippen LogP contribution in [0.15, 0.2) is 48.2 Å². The summed E-state index contributed by atoms with van der Waals surface area (Å²) in [6.07, 6.45) is 0.602. The quantitative estimate of drug-likeness (QED) is 0.420. The van der Waals surface area contributed by atoms with Crippen molar-refractivity contribution in [2.45, 2.75) is 33.3 Å². The van der Waals surface area contributed by atoms with Gasteiger partial charge in [-0.25, -0.2) is 0 Å². The molecule has 2 aliphatic heterocycles. The van der Waals surface area contributed by atoms with Gasteiger partial charge in [0.15, 0.2) is 11.5 Å². The zero-order valence-electron chi connectivity index (χ0n) is 19.8. The van der Waals surface area contributed by atoms with Crippen molar-refractivity contribution in [2.24, 2.45) is 0 Å². The zero-order valence-corrected chi connectivity index (χ0v) is 19.8. The van der Waals surface area contributed by atoms with E-state index in [-0.39, 0.29) is 30.2 Å². The van der Waals surface area contributed by atoms with E-state index in [1.165, 1.54) is 4.90 Å².